The monoisotopic (exact) mass is 483 g/mol. The van der Waals surface area contributed by atoms with Crippen LogP contribution in [0.25, 0.3) is 22.0 Å². The average Bonchev–Trinajstić information content (AvgIpc) is 3.55. The van der Waals surface area contributed by atoms with Gasteiger partial charge in [-0.1, -0.05) is 24.4 Å². The molecule has 9 heteroatoms. The fourth-order valence-electron chi connectivity index (χ4n) is 5.48. The second-order valence-corrected chi connectivity index (χ2v) is 11.2. The van der Waals surface area contributed by atoms with Crippen LogP contribution < -0.4 is 10.0 Å². The van der Waals surface area contributed by atoms with Crippen LogP contribution >= 0.6 is 0 Å². The third-order valence-electron chi connectivity index (χ3n) is 7.17. The Bertz CT molecular complexity index is 1250. The molecule has 2 heterocycles. The Morgan fingerprint density at radius 3 is 2.68 bits per heavy atom. The molecule has 1 amide bonds. The van der Waals surface area contributed by atoms with E-state index in [0.29, 0.717) is 35.2 Å². The maximum Gasteiger partial charge on any atom is 0.324 e. The van der Waals surface area contributed by atoms with Gasteiger partial charge in [-0.15, -0.1) is 4.72 Å². The Kier molecular flexibility index (Phi) is 6.26. The van der Waals surface area contributed by atoms with Crippen LogP contribution in [0.5, 0.6) is 0 Å². The first-order valence-corrected chi connectivity index (χ1v) is 13.5. The minimum absolute atomic E-state index is 0.00639. The largest absolute Gasteiger partial charge is 0.361 e. The first-order chi connectivity index (χ1) is 16.3. The lowest BCUT2D eigenvalue weighted by Crippen LogP contribution is -2.47. The molecule has 0 aliphatic heterocycles. The van der Waals surface area contributed by atoms with E-state index in [-0.39, 0.29) is 28.8 Å². The number of carbonyl (C=O) groups excluding carboxylic acids is 1. The van der Waals surface area contributed by atoms with Crippen LogP contribution in [-0.4, -0.2) is 32.7 Å². The van der Waals surface area contributed by atoms with Gasteiger partial charge in [-0.2, -0.15) is 4.55 Å². The number of aryl methyl sites for hydroxylation is 2. The van der Waals surface area contributed by atoms with Crippen LogP contribution in [0.4, 0.5) is 0 Å². The molecule has 180 valence electrons. The summed E-state index contributed by atoms with van der Waals surface area (Å²) in [7, 11) is -3.67. The van der Waals surface area contributed by atoms with Crippen molar-refractivity contribution in [2.24, 2.45) is 5.92 Å². The summed E-state index contributed by atoms with van der Waals surface area (Å²) in [6, 6.07) is 7.01. The quantitative estimate of drug-likeness (QED) is 0.442. The van der Waals surface area contributed by atoms with E-state index in [2.05, 4.69) is 20.2 Å². The molecule has 2 fully saturated rings. The van der Waals surface area contributed by atoms with Gasteiger partial charge in [0, 0.05) is 23.9 Å². The molecule has 3 N–H and O–H groups in total. The van der Waals surface area contributed by atoms with Gasteiger partial charge >= 0.3 is 10.4 Å². The number of amides is 1. The second kappa shape index (κ2) is 9.20. The number of rotatable bonds is 6. The summed E-state index contributed by atoms with van der Waals surface area (Å²) in [5.74, 6) is 0.312. The molecule has 0 bridgehead atoms. The van der Waals surface area contributed by atoms with Gasteiger partial charge in [0.15, 0.2) is 0 Å². The molecule has 1 aromatic carbocycles. The highest BCUT2D eigenvalue weighted by atomic mass is 32.3. The van der Waals surface area contributed by atoms with E-state index in [0.717, 1.165) is 43.2 Å². The molecular formula is C25H31N4O4S+. The number of pyridine rings is 1. The maximum atomic E-state index is 13.8. The summed E-state index contributed by atoms with van der Waals surface area (Å²) in [6.07, 6.45) is 8.22. The van der Waals surface area contributed by atoms with Gasteiger partial charge in [-0.05, 0) is 67.5 Å². The van der Waals surface area contributed by atoms with Crippen LogP contribution in [0.2, 0.25) is 0 Å². The van der Waals surface area contributed by atoms with Gasteiger partial charge in [-0.3, -0.25) is 9.78 Å². The van der Waals surface area contributed by atoms with Crippen molar-refractivity contribution in [3.05, 3.63) is 41.9 Å². The molecule has 1 unspecified atom stereocenters. The van der Waals surface area contributed by atoms with E-state index in [1.54, 1.807) is 24.4 Å². The Hall–Kier alpha value is -2.62. The number of benzene rings is 1. The van der Waals surface area contributed by atoms with E-state index in [4.69, 9.17) is 4.52 Å². The van der Waals surface area contributed by atoms with Gasteiger partial charge in [0.1, 0.15) is 5.76 Å². The van der Waals surface area contributed by atoms with Gasteiger partial charge in [0.25, 0.3) is 0 Å². The van der Waals surface area contributed by atoms with Crippen molar-refractivity contribution < 1.29 is 18.1 Å². The lowest BCUT2D eigenvalue weighted by atomic mass is 10.0. The first-order valence-electron chi connectivity index (χ1n) is 12.0. The van der Waals surface area contributed by atoms with Crippen molar-refractivity contribution in [2.75, 3.05) is 0 Å². The fraction of sp³-hybridized carbons (Fsp3) is 0.480. The highest BCUT2D eigenvalue weighted by Crippen LogP contribution is 2.36. The molecule has 34 heavy (non-hydrogen) atoms. The standard InChI is InChI=1S/C25H30N4O4S/c1-15-24(16(2)33-28-15)17-13-22-19(10-6-12-26-22)23(14-17)34(31,32)29-21-11-5-9-20(21)25(30)27-18-7-3-4-8-18/h6,10,12-14,18,20-21H,3-5,7-9,11H2,1-2H3,(H2-,27,29,30,31,32)/p+1/t20-,21+/m0/s1. The zero-order chi connectivity index (χ0) is 23.9. The maximum absolute atomic E-state index is 13.8. The predicted octanol–water partition coefficient (Wildman–Crippen LogP) is 4.57. The molecule has 2 aromatic heterocycles. The zero-order valence-corrected chi connectivity index (χ0v) is 20.4. The Morgan fingerprint density at radius 1 is 1.15 bits per heavy atom. The zero-order valence-electron chi connectivity index (χ0n) is 19.5. The van der Waals surface area contributed by atoms with Gasteiger partial charge in [0.05, 0.1) is 28.6 Å². The minimum atomic E-state index is -3.67. The molecule has 0 spiro atoms. The highest BCUT2D eigenvalue weighted by Gasteiger charge is 2.43. The highest BCUT2D eigenvalue weighted by molar-refractivity contribution is 7.96. The minimum Gasteiger partial charge on any atom is -0.361 e. The Morgan fingerprint density at radius 2 is 1.94 bits per heavy atom. The number of aromatic nitrogens is 2. The molecule has 2 aliphatic carbocycles. The predicted molar refractivity (Wildman–Crippen MR) is 130 cm³/mol. The van der Waals surface area contributed by atoms with Crippen LogP contribution in [0.3, 0.4) is 0 Å². The van der Waals surface area contributed by atoms with Crippen molar-refractivity contribution in [3.63, 3.8) is 0 Å². The summed E-state index contributed by atoms with van der Waals surface area (Å²) in [4.78, 5) is 17.7. The van der Waals surface area contributed by atoms with Crippen LogP contribution in [-0.2, 0) is 19.4 Å². The molecule has 0 saturated heterocycles. The van der Waals surface area contributed by atoms with Crippen molar-refractivity contribution >= 4 is 27.2 Å². The molecule has 2 aliphatic rings. The SMILES string of the molecule is Cc1noc(C)c1-c1cc([S+](=O)(O)N[C@@H]2CCC[C@@H]2C(=O)NC2CCCC2)c2cccnc2c1. The van der Waals surface area contributed by atoms with Gasteiger partial charge in [0.2, 0.25) is 10.8 Å². The molecule has 2 saturated carbocycles. The number of hydrogen-bond acceptors (Lipinski definition) is 5. The summed E-state index contributed by atoms with van der Waals surface area (Å²) in [6.45, 7) is 3.66. The van der Waals surface area contributed by atoms with E-state index in [1.165, 1.54) is 0 Å². The van der Waals surface area contributed by atoms with Crippen molar-refractivity contribution in [3.8, 4) is 11.1 Å². The third kappa shape index (κ3) is 4.39. The lowest BCUT2D eigenvalue weighted by molar-refractivity contribution is -0.125. The molecular weight excluding hydrogens is 452 g/mol. The van der Waals surface area contributed by atoms with Crippen LogP contribution in [0.15, 0.2) is 39.9 Å². The van der Waals surface area contributed by atoms with E-state index >= 15 is 0 Å². The number of hydrogen-bond donors (Lipinski definition) is 3. The smallest absolute Gasteiger partial charge is 0.324 e. The molecule has 0 radical (unpaired) electrons. The van der Waals surface area contributed by atoms with Gasteiger partial charge < -0.3 is 9.84 Å². The first kappa shape index (κ1) is 23.1. The van der Waals surface area contributed by atoms with E-state index < -0.39 is 10.4 Å². The van der Waals surface area contributed by atoms with Crippen molar-refractivity contribution in [1.82, 2.24) is 20.2 Å². The summed E-state index contributed by atoms with van der Waals surface area (Å²) in [5.41, 5.74) is 2.83. The average molecular weight is 484 g/mol. The molecule has 5 rings (SSSR count). The van der Waals surface area contributed by atoms with Crippen LogP contribution in [0.1, 0.15) is 56.4 Å². The lowest BCUT2D eigenvalue weighted by Gasteiger charge is -2.21. The number of carbonyl (C=O) groups is 1. The van der Waals surface area contributed by atoms with Crippen LogP contribution in [0, 0.1) is 19.8 Å². The molecule has 3 aromatic rings. The number of nitrogens with zero attached hydrogens (tertiary/aromatic N) is 2. The van der Waals surface area contributed by atoms with Crippen molar-refractivity contribution in [1.29, 1.82) is 0 Å². The Balaban J connectivity index is 1.47. The van der Waals surface area contributed by atoms with E-state index in [1.807, 2.05) is 19.9 Å². The summed E-state index contributed by atoms with van der Waals surface area (Å²) >= 11 is 0. The number of fused-ring (bicyclic) bond motifs is 1. The topological polar surface area (TPSA) is 117 Å². The third-order valence-corrected chi connectivity index (χ3v) is 8.72. The van der Waals surface area contributed by atoms with E-state index in [9.17, 15) is 13.6 Å². The fourth-order valence-corrected chi connectivity index (χ4v) is 7.06. The normalized spacial score (nSPS) is 22.8. The second-order valence-electron chi connectivity index (χ2n) is 9.52. The van der Waals surface area contributed by atoms with Gasteiger partial charge in [-0.25, -0.2) is 0 Å². The number of nitrogens with one attached hydrogen (secondary N) is 2. The van der Waals surface area contributed by atoms with Crippen molar-refractivity contribution in [2.45, 2.75) is 75.8 Å². The molecule has 3 atom stereocenters. The summed E-state index contributed by atoms with van der Waals surface area (Å²) < 4.78 is 33.4. The summed E-state index contributed by atoms with van der Waals surface area (Å²) in [5, 5.41) is 7.79. The molecule has 8 nitrogen and oxygen atoms in total. The Labute approximate surface area is 200 Å².